The lowest BCUT2D eigenvalue weighted by molar-refractivity contribution is 0.287. The van der Waals surface area contributed by atoms with Gasteiger partial charge in [0, 0.05) is 0 Å². The lowest BCUT2D eigenvalue weighted by Gasteiger charge is -2.23. The fourth-order valence-electron chi connectivity index (χ4n) is 2.41. The molecule has 1 atom stereocenters. The number of hydrogen-bond acceptors (Lipinski definition) is 0. The van der Waals surface area contributed by atoms with E-state index in [1.807, 2.05) is 0 Å². The molecule has 0 heterocycles. The van der Waals surface area contributed by atoms with Gasteiger partial charge in [0.05, 0.1) is 0 Å². The van der Waals surface area contributed by atoms with Crippen LogP contribution in [0.3, 0.4) is 0 Å². The van der Waals surface area contributed by atoms with Crippen molar-refractivity contribution in [3.63, 3.8) is 0 Å². The van der Waals surface area contributed by atoms with Gasteiger partial charge in [-0.05, 0) is 11.8 Å². The van der Waals surface area contributed by atoms with Crippen molar-refractivity contribution in [2.24, 2.45) is 11.8 Å². The smallest absolute Gasteiger partial charge is 0.0389 e. The summed E-state index contributed by atoms with van der Waals surface area (Å²) in [5.41, 5.74) is 0. The monoisotopic (exact) mass is 198 g/mol. The highest BCUT2D eigenvalue weighted by molar-refractivity contribution is 4.66. The summed E-state index contributed by atoms with van der Waals surface area (Å²) in [4.78, 5) is 0. The molecule has 0 amide bonds. The Labute approximate surface area is 91.5 Å². The molecule has 0 bridgehead atoms. The Morgan fingerprint density at radius 2 is 1.29 bits per heavy atom. The Kier molecular flexibility index (Phi) is 9.55. The maximum atomic E-state index is 2.46. The minimum absolute atomic E-state index is 0.960. The van der Waals surface area contributed by atoms with Crippen molar-refractivity contribution >= 4 is 0 Å². The van der Waals surface area contributed by atoms with Gasteiger partial charge in [0.1, 0.15) is 0 Å². The molecule has 0 N–H and O–H groups in total. The fraction of sp³-hybridized carbons (Fsp3) is 1.00. The second-order valence-corrected chi connectivity index (χ2v) is 4.81. The van der Waals surface area contributed by atoms with E-state index in [0.29, 0.717) is 0 Å². The molecule has 0 aliphatic rings. The standard InChI is InChI=1S/C14H30/c1-5-8-9-12-13(4)14(10-6-2)11-7-3/h13-14H,5-12H2,1-4H3. The summed E-state index contributed by atoms with van der Waals surface area (Å²) in [7, 11) is 0. The van der Waals surface area contributed by atoms with Gasteiger partial charge >= 0.3 is 0 Å². The predicted octanol–water partition coefficient (Wildman–Crippen LogP) is 5.42. The Morgan fingerprint density at radius 3 is 1.71 bits per heavy atom. The zero-order chi connectivity index (χ0) is 10.8. The van der Waals surface area contributed by atoms with Crippen LogP contribution in [0.4, 0.5) is 0 Å². The summed E-state index contributed by atoms with van der Waals surface area (Å²) in [5, 5.41) is 0. The topological polar surface area (TPSA) is 0 Å². The Hall–Kier alpha value is 0. The molecule has 0 aliphatic heterocycles. The molecule has 0 aliphatic carbocycles. The van der Waals surface area contributed by atoms with Crippen molar-refractivity contribution < 1.29 is 0 Å². The normalized spacial score (nSPS) is 13.5. The van der Waals surface area contributed by atoms with Gasteiger partial charge in [-0.15, -0.1) is 0 Å². The van der Waals surface area contributed by atoms with E-state index in [0.717, 1.165) is 11.8 Å². The molecule has 0 heteroatoms. The summed E-state index contributed by atoms with van der Waals surface area (Å²) in [5.74, 6) is 1.96. The molecule has 0 saturated carbocycles. The van der Waals surface area contributed by atoms with Crippen LogP contribution in [0.1, 0.15) is 79.1 Å². The first-order chi connectivity index (χ1) is 6.76. The summed E-state index contributed by atoms with van der Waals surface area (Å²) < 4.78 is 0. The van der Waals surface area contributed by atoms with Crippen molar-refractivity contribution in [1.29, 1.82) is 0 Å². The highest BCUT2D eigenvalue weighted by atomic mass is 14.2. The molecular formula is C14H30. The average molecular weight is 198 g/mol. The van der Waals surface area contributed by atoms with Crippen LogP contribution in [-0.2, 0) is 0 Å². The van der Waals surface area contributed by atoms with Crippen LogP contribution in [0, 0.1) is 11.8 Å². The zero-order valence-electron chi connectivity index (χ0n) is 10.8. The summed E-state index contributed by atoms with van der Waals surface area (Å²) in [6.45, 7) is 9.40. The van der Waals surface area contributed by atoms with Crippen molar-refractivity contribution in [2.45, 2.75) is 79.1 Å². The second kappa shape index (κ2) is 9.55. The van der Waals surface area contributed by atoms with Crippen molar-refractivity contribution in [1.82, 2.24) is 0 Å². The van der Waals surface area contributed by atoms with Crippen LogP contribution in [-0.4, -0.2) is 0 Å². The molecule has 0 rings (SSSR count). The van der Waals surface area contributed by atoms with E-state index in [9.17, 15) is 0 Å². The maximum Gasteiger partial charge on any atom is -0.0389 e. The van der Waals surface area contributed by atoms with Gasteiger partial charge in [0.25, 0.3) is 0 Å². The van der Waals surface area contributed by atoms with Crippen LogP contribution < -0.4 is 0 Å². The molecule has 0 aromatic heterocycles. The summed E-state index contributed by atoms with van der Waals surface area (Å²) in [6.07, 6.45) is 11.3. The second-order valence-electron chi connectivity index (χ2n) is 4.81. The van der Waals surface area contributed by atoms with Crippen molar-refractivity contribution in [2.75, 3.05) is 0 Å². The molecule has 0 aromatic carbocycles. The zero-order valence-corrected chi connectivity index (χ0v) is 10.8. The van der Waals surface area contributed by atoms with Crippen LogP contribution in [0.5, 0.6) is 0 Å². The lowest BCUT2D eigenvalue weighted by atomic mass is 9.83. The molecule has 0 spiro atoms. The van der Waals surface area contributed by atoms with Gasteiger partial charge in [-0.2, -0.15) is 0 Å². The van der Waals surface area contributed by atoms with E-state index < -0.39 is 0 Å². The third-order valence-electron chi connectivity index (χ3n) is 3.39. The first-order valence-corrected chi connectivity index (χ1v) is 6.76. The Morgan fingerprint density at radius 1 is 0.714 bits per heavy atom. The SMILES string of the molecule is CCCCCC(C)C(CCC)CCC. The van der Waals surface area contributed by atoms with Gasteiger partial charge < -0.3 is 0 Å². The Balaban J connectivity index is 3.69. The molecule has 0 radical (unpaired) electrons. The molecule has 0 nitrogen and oxygen atoms in total. The highest BCUT2D eigenvalue weighted by Crippen LogP contribution is 2.26. The van der Waals surface area contributed by atoms with Crippen LogP contribution in [0.2, 0.25) is 0 Å². The molecular weight excluding hydrogens is 168 g/mol. The summed E-state index contributed by atoms with van der Waals surface area (Å²) in [6, 6.07) is 0. The van der Waals surface area contributed by atoms with E-state index in [2.05, 4.69) is 27.7 Å². The molecule has 0 aromatic rings. The fourth-order valence-corrected chi connectivity index (χ4v) is 2.41. The molecule has 0 saturated heterocycles. The quantitative estimate of drug-likeness (QED) is 0.434. The minimum Gasteiger partial charge on any atom is -0.0654 e. The van der Waals surface area contributed by atoms with E-state index in [-0.39, 0.29) is 0 Å². The third-order valence-corrected chi connectivity index (χ3v) is 3.39. The van der Waals surface area contributed by atoms with E-state index in [1.165, 1.54) is 51.4 Å². The van der Waals surface area contributed by atoms with Gasteiger partial charge in [0.15, 0.2) is 0 Å². The molecule has 0 fully saturated rings. The largest absolute Gasteiger partial charge is 0.0654 e. The lowest BCUT2D eigenvalue weighted by Crippen LogP contribution is -2.11. The average Bonchev–Trinajstić information content (AvgIpc) is 2.18. The van der Waals surface area contributed by atoms with Crippen LogP contribution in [0.15, 0.2) is 0 Å². The third kappa shape index (κ3) is 6.45. The first kappa shape index (κ1) is 14.0. The van der Waals surface area contributed by atoms with Crippen LogP contribution >= 0.6 is 0 Å². The van der Waals surface area contributed by atoms with Gasteiger partial charge in [-0.3, -0.25) is 0 Å². The van der Waals surface area contributed by atoms with E-state index >= 15 is 0 Å². The van der Waals surface area contributed by atoms with Gasteiger partial charge in [-0.1, -0.05) is 79.1 Å². The van der Waals surface area contributed by atoms with Gasteiger partial charge in [-0.25, -0.2) is 0 Å². The first-order valence-electron chi connectivity index (χ1n) is 6.76. The Bertz CT molecular complexity index is 101. The summed E-state index contributed by atoms with van der Waals surface area (Å²) >= 11 is 0. The maximum absolute atomic E-state index is 2.46. The van der Waals surface area contributed by atoms with E-state index in [4.69, 9.17) is 0 Å². The number of rotatable bonds is 9. The molecule has 86 valence electrons. The minimum atomic E-state index is 0.960. The van der Waals surface area contributed by atoms with E-state index in [1.54, 1.807) is 0 Å². The molecule has 14 heavy (non-hydrogen) atoms. The van der Waals surface area contributed by atoms with Crippen molar-refractivity contribution in [3.05, 3.63) is 0 Å². The molecule has 1 unspecified atom stereocenters. The predicted molar refractivity (Wildman–Crippen MR) is 66.6 cm³/mol. The highest BCUT2D eigenvalue weighted by Gasteiger charge is 2.14. The van der Waals surface area contributed by atoms with Crippen molar-refractivity contribution in [3.8, 4) is 0 Å². The number of hydrogen-bond donors (Lipinski definition) is 0. The van der Waals surface area contributed by atoms with Gasteiger partial charge in [0.2, 0.25) is 0 Å². The number of unbranched alkanes of at least 4 members (excludes halogenated alkanes) is 2. The van der Waals surface area contributed by atoms with Crippen LogP contribution in [0.25, 0.3) is 0 Å².